The number of nitrogens with zero attached hydrogens (tertiary/aromatic N) is 5. The molecule has 0 unspecified atom stereocenters. The van der Waals surface area contributed by atoms with Gasteiger partial charge in [-0.3, -0.25) is 0 Å². The topological polar surface area (TPSA) is 116 Å². The highest BCUT2D eigenvalue weighted by Crippen LogP contribution is 2.30. The zero-order valence-corrected chi connectivity index (χ0v) is 15.4. The number of amides is 2. The number of rotatable bonds is 3. The minimum atomic E-state index is -0.201. The van der Waals surface area contributed by atoms with Gasteiger partial charge in [0.05, 0.1) is 48.5 Å². The quantitative estimate of drug-likeness (QED) is 0.709. The largest absolute Gasteiger partial charge is 0.493 e. The lowest BCUT2D eigenvalue weighted by Gasteiger charge is -2.26. The molecule has 0 spiro atoms. The molecule has 0 aliphatic carbocycles. The van der Waals surface area contributed by atoms with Crippen LogP contribution in [0.5, 0.6) is 5.88 Å². The van der Waals surface area contributed by atoms with Crippen molar-refractivity contribution in [2.75, 3.05) is 31.6 Å². The van der Waals surface area contributed by atoms with Crippen LogP contribution in [-0.2, 0) is 4.74 Å². The Morgan fingerprint density at radius 2 is 1.90 bits per heavy atom. The van der Waals surface area contributed by atoms with Gasteiger partial charge < -0.3 is 20.1 Å². The van der Waals surface area contributed by atoms with Crippen LogP contribution in [0.2, 0.25) is 0 Å². The molecule has 29 heavy (non-hydrogen) atoms. The van der Waals surface area contributed by atoms with Gasteiger partial charge in [-0.05, 0) is 29.8 Å². The van der Waals surface area contributed by atoms with Crippen molar-refractivity contribution in [3.05, 3.63) is 54.4 Å². The van der Waals surface area contributed by atoms with Crippen LogP contribution in [0.25, 0.3) is 16.9 Å². The first-order chi connectivity index (χ1) is 14.2. The van der Waals surface area contributed by atoms with Gasteiger partial charge >= 0.3 is 6.03 Å². The smallest absolute Gasteiger partial charge is 0.322 e. The van der Waals surface area contributed by atoms with Crippen LogP contribution in [-0.4, -0.2) is 57.1 Å². The van der Waals surface area contributed by atoms with Crippen LogP contribution in [0.15, 0.2) is 48.8 Å². The summed E-state index contributed by atoms with van der Waals surface area (Å²) in [6.07, 6.45) is 3.04. The lowest BCUT2D eigenvalue weighted by molar-refractivity contribution is 0.0564. The summed E-state index contributed by atoms with van der Waals surface area (Å²) in [4.78, 5) is 18.2. The molecule has 1 aromatic carbocycles. The molecule has 0 saturated carbocycles. The van der Waals surface area contributed by atoms with Gasteiger partial charge in [-0.2, -0.15) is 15.0 Å². The fourth-order valence-corrected chi connectivity index (χ4v) is 2.99. The first-order valence-corrected chi connectivity index (χ1v) is 9.03. The Kier molecular flexibility index (Phi) is 5.09. The van der Waals surface area contributed by atoms with E-state index in [0.717, 1.165) is 5.56 Å². The predicted molar refractivity (Wildman–Crippen MR) is 105 cm³/mol. The van der Waals surface area contributed by atoms with E-state index in [1.807, 2.05) is 0 Å². The molecule has 9 heteroatoms. The molecule has 2 N–H and O–H groups in total. The number of ether oxygens (including phenoxy) is 1. The summed E-state index contributed by atoms with van der Waals surface area (Å²) >= 11 is 0. The number of hydrogen-bond acceptors (Lipinski definition) is 6. The minimum absolute atomic E-state index is 0.0627. The number of morpholine rings is 1. The van der Waals surface area contributed by atoms with Crippen molar-refractivity contribution in [3.8, 4) is 28.9 Å². The second-order valence-corrected chi connectivity index (χ2v) is 6.42. The Hall–Kier alpha value is -3.90. The zero-order chi connectivity index (χ0) is 20.2. The molecule has 3 aromatic rings. The third-order valence-corrected chi connectivity index (χ3v) is 4.58. The summed E-state index contributed by atoms with van der Waals surface area (Å²) in [7, 11) is 0. The van der Waals surface area contributed by atoms with Crippen LogP contribution in [0.4, 0.5) is 10.5 Å². The van der Waals surface area contributed by atoms with Gasteiger partial charge in [0.1, 0.15) is 0 Å². The highest BCUT2D eigenvalue weighted by Gasteiger charge is 2.17. The molecular formula is C20H18N6O3. The van der Waals surface area contributed by atoms with Gasteiger partial charge in [-0.25, -0.2) is 9.78 Å². The molecule has 2 amide bonds. The van der Waals surface area contributed by atoms with Crippen molar-refractivity contribution >= 4 is 11.7 Å². The predicted octanol–water partition coefficient (Wildman–Crippen LogP) is 2.38. The fourth-order valence-electron chi connectivity index (χ4n) is 2.99. The average Bonchev–Trinajstić information content (AvgIpc) is 3.16. The van der Waals surface area contributed by atoms with E-state index in [-0.39, 0.29) is 11.9 Å². The second kappa shape index (κ2) is 8.00. The average molecular weight is 390 g/mol. The molecule has 0 radical (unpaired) electrons. The highest BCUT2D eigenvalue weighted by atomic mass is 16.5. The first-order valence-electron chi connectivity index (χ1n) is 9.03. The molecule has 9 nitrogen and oxygen atoms in total. The molecule has 3 heterocycles. The third-order valence-electron chi connectivity index (χ3n) is 4.58. The summed E-state index contributed by atoms with van der Waals surface area (Å²) in [5.74, 6) is 0.346. The molecule has 146 valence electrons. The van der Waals surface area contributed by atoms with Crippen molar-refractivity contribution < 1.29 is 14.6 Å². The molecule has 1 saturated heterocycles. The number of carbonyl (C=O) groups is 1. The van der Waals surface area contributed by atoms with Crippen LogP contribution in [0.1, 0.15) is 5.56 Å². The molecule has 0 atom stereocenters. The number of nitriles is 1. The number of hydrogen-bond donors (Lipinski definition) is 2. The van der Waals surface area contributed by atoms with E-state index in [1.54, 1.807) is 41.3 Å². The minimum Gasteiger partial charge on any atom is -0.493 e. The standard InChI is InChI=1S/C20H18N6O3/c21-11-14-1-3-15(4-2-14)17-13-23-26(19(17)27)18-6-5-16(12-22-18)24-20(28)25-7-9-29-10-8-25/h1-6,12-13,27H,7-10H2,(H,24,28). The summed E-state index contributed by atoms with van der Waals surface area (Å²) in [5, 5.41) is 26.4. The Bertz CT molecular complexity index is 1050. The lowest BCUT2D eigenvalue weighted by Crippen LogP contribution is -2.43. The lowest BCUT2D eigenvalue weighted by atomic mass is 10.1. The molecule has 0 bridgehead atoms. The van der Waals surface area contributed by atoms with Gasteiger partial charge in [-0.15, -0.1) is 0 Å². The molecular weight excluding hydrogens is 372 g/mol. The van der Waals surface area contributed by atoms with Gasteiger partial charge in [0, 0.05) is 13.1 Å². The van der Waals surface area contributed by atoms with E-state index >= 15 is 0 Å². The Morgan fingerprint density at radius 1 is 1.14 bits per heavy atom. The summed E-state index contributed by atoms with van der Waals surface area (Å²) < 4.78 is 6.55. The number of urea groups is 1. The second-order valence-electron chi connectivity index (χ2n) is 6.42. The third kappa shape index (κ3) is 3.88. The first kappa shape index (κ1) is 18.5. The van der Waals surface area contributed by atoms with Gasteiger partial charge in [0.2, 0.25) is 5.88 Å². The van der Waals surface area contributed by atoms with Crippen molar-refractivity contribution in [2.45, 2.75) is 0 Å². The number of carbonyl (C=O) groups excluding carboxylic acids is 1. The number of nitrogens with one attached hydrogen (secondary N) is 1. The van der Waals surface area contributed by atoms with E-state index < -0.39 is 0 Å². The van der Waals surface area contributed by atoms with Crippen molar-refractivity contribution in [2.24, 2.45) is 0 Å². The Morgan fingerprint density at radius 3 is 2.55 bits per heavy atom. The van der Waals surface area contributed by atoms with Crippen LogP contribution in [0.3, 0.4) is 0 Å². The molecule has 4 rings (SSSR count). The molecule has 1 aliphatic rings. The monoisotopic (exact) mass is 390 g/mol. The summed E-state index contributed by atoms with van der Waals surface area (Å²) in [6.45, 7) is 2.17. The molecule has 1 aliphatic heterocycles. The van der Waals surface area contributed by atoms with E-state index in [4.69, 9.17) is 10.00 Å². The van der Waals surface area contributed by atoms with Crippen molar-refractivity contribution in [3.63, 3.8) is 0 Å². The number of anilines is 1. The van der Waals surface area contributed by atoms with Crippen LogP contribution < -0.4 is 5.32 Å². The Balaban J connectivity index is 1.49. The van der Waals surface area contributed by atoms with E-state index in [9.17, 15) is 9.90 Å². The molecule has 1 fully saturated rings. The van der Waals surface area contributed by atoms with Gasteiger partial charge in [0.25, 0.3) is 0 Å². The van der Waals surface area contributed by atoms with Gasteiger partial charge in [0.15, 0.2) is 5.82 Å². The maximum Gasteiger partial charge on any atom is 0.322 e. The Labute approximate surface area is 166 Å². The van der Waals surface area contributed by atoms with Crippen LogP contribution >= 0.6 is 0 Å². The SMILES string of the molecule is N#Cc1ccc(-c2cnn(-c3ccc(NC(=O)N4CCOCC4)cn3)c2O)cc1. The van der Waals surface area contributed by atoms with Crippen LogP contribution in [0, 0.1) is 11.3 Å². The number of aromatic hydroxyl groups is 1. The van der Waals surface area contributed by atoms with E-state index in [1.165, 1.54) is 17.1 Å². The maximum absolute atomic E-state index is 12.2. The number of benzene rings is 1. The number of aromatic nitrogens is 3. The summed E-state index contributed by atoms with van der Waals surface area (Å²) in [6, 6.07) is 12.1. The highest BCUT2D eigenvalue weighted by molar-refractivity contribution is 5.89. The van der Waals surface area contributed by atoms with E-state index in [0.29, 0.717) is 48.9 Å². The summed E-state index contributed by atoms with van der Waals surface area (Å²) in [5.41, 5.74) is 2.35. The van der Waals surface area contributed by atoms with Gasteiger partial charge in [-0.1, -0.05) is 12.1 Å². The van der Waals surface area contributed by atoms with E-state index in [2.05, 4.69) is 21.5 Å². The fraction of sp³-hybridized carbons (Fsp3) is 0.200. The molecule has 2 aromatic heterocycles. The normalized spacial score (nSPS) is 13.7. The van der Waals surface area contributed by atoms with Crippen molar-refractivity contribution in [1.82, 2.24) is 19.7 Å². The number of pyridine rings is 1. The maximum atomic E-state index is 12.2. The zero-order valence-electron chi connectivity index (χ0n) is 15.4. The van der Waals surface area contributed by atoms with Crippen molar-refractivity contribution in [1.29, 1.82) is 5.26 Å².